The van der Waals surface area contributed by atoms with Crippen molar-refractivity contribution in [3.8, 4) is 0 Å². The van der Waals surface area contributed by atoms with Gasteiger partial charge in [0, 0.05) is 50.8 Å². The predicted molar refractivity (Wildman–Crippen MR) is 98.1 cm³/mol. The largest absolute Gasteiger partial charge is 0.381 e. The van der Waals surface area contributed by atoms with Gasteiger partial charge in [-0.3, -0.25) is 0 Å². The van der Waals surface area contributed by atoms with Crippen molar-refractivity contribution in [2.75, 3.05) is 42.3 Å². The standard InChI is InChI=1S/C19H27N3/c1-5-22(6-2)19-13-9-17(10-14-19)20-15-16-7-11-18(12-8-16)21(3)4/h7-14,20H,5-6,15H2,1-4H3. The van der Waals surface area contributed by atoms with Gasteiger partial charge in [0.15, 0.2) is 0 Å². The van der Waals surface area contributed by atoms with Crippen molar-refractivity contribution in [1.29, 1.82) is 0 Å². The Morgan fingerprint density at radius 3 is 1.82 bits per heavy atom. The first-order valence-corrected chi connectivity index (χ1v) is 7.99. The third-order valence-electron chi connectivity index (χ3n) is 3.95. The molecule has 0 saturated carbocycles. The van der Waals surface area contributed by atoms with Gasteiger partial charge in [0.2, 0.25) is 0 Å². The molecule has 0 spiro atoms. The average molecular weight is 297 g/mol. The molecule has 22 heavy (non-hydrogen) atoms. The average Bonchev–Trinajstić information content (AvgIpc) is 2.55. The third kappa shape index (κ3) is 4.17. The second kappa shape index (κ2) is 7.74. The summed E-state index contributed by atoms with van der Waals surface area (Å²) in [5, 5.41) is 3.48. The van der Waals surface area contributed by atoms with Crippen molar-refractivity contribution in [1.82, 2.24) is 0 Å². The Balaban J connectivity index is 1.94. The van der Waals surface area contributed by atoms with Crippen LogP contribution in [0.5, 0.6) is 0 Å². The molecule has 2 rings (SSSR count). The fourth-order valence-corrected chi connectivity index (χ4v) is 2.49. The molecule has 0 atom stereocenters. The molecule has 0 amide bonds. The Bertz CT molecular complexity index is 554. The first-order valence-electron chi connectivity index (χ1n) is 7.99. The van der Waals surface area contributed by atoms with Crippen LogP contribution in [0.3, 0.4) is 0 Å². The van der Waals surface area contributed by atoms with Crippen molar-refractivity contribution < 1.29 is 0 Å². The summed E-state index contributed by atoms with van der Waals surface area (Å²) in [6.45, 7) is 7.31. The van der Waals surface area contributed by atoms with Gasteiger partial charge in [-0.05, 0) is 55.8 Å². The molecule has 0 aliphatic rings. The molecule has 0 aromatic heterocycles. The summed E-state index contributed by atoms with van der Waals surface area (Å²) in [6.07, 6.45) is 0. The van der Waals surface area contributed by atoms with Gasteiger partial charge in [0.05, 0.1) is 0 Å². The highest BCUT2D eigenvalue weighted by Crippen LogP contribution is 2.19. The first-order chi connectivity index (χ1) is 10.6. The maximum absolute atomic E-state index is 3.48. The number of nitrogens with zero attached hydrogens (tertiary/aromatic N) is 2. The Labute approximate surface area is 134 Å². The molecule has 0 bridgehead atoms. The Morgan fingerprint density at radius 1 is 0.773 bits per heavy atom. The summed E-state index contributed by atoms with van der Waals surface area (Å²) in [5.74, 6) is 0. The molecule has 0 aliphatic carbocycles. The molecule has 0 saturated heterocycles. The zero-order valence-corrected chi connectivity index (χ0v) is 14.1. The summed E-state index contributed by atoms with van der Waals surface area (Å²) < 4.78 is 0. The van der Waals surface area contributed by atoms with Gasteiger partial charge in [0.25, 0.3) is 0 Å². The fraction of sp³-hybridized carbons (Fsp3) is 0.368. The predicted octanol–water partition coefficient (Wildman–Crippen LogP) is 4.21. The van der Waals surface area contributed by atoms with Crippen LogP contribution >= 0.6 is 0 Å². The second-order valence-electron chi connectivity index (χ2n) is 5.63. The molecular weight excluding hydrogens is 270 g/mol. The van der Waals surface area contributed by atoms with E-state index in [0.29, 0.717) is 0 Å². The Hall–Kier alpha value is -2.16. The van der Waals surface area contributed by atoms with Crippen molar-refractivity contribution in [3.05, 3.63) is 54.1 Å². The van der Waals surface area contributed by atoms with Crippen LogP contribution in [0.25, 0.3) is 0 Å². The van der Waals surface area contributed by atoms with Gasteiger partial charge in [0.1, 0.15) is 0 Å². The zero-order chi connectivity index (χ0) is 15.9. The van der Waals surface area contributed by atoms with E-state index in [9.17, 15) is 0 Å². The van der Waals surface area contributed by atoms with Gasteiger partial charge in [-0.15, -0.1) is 0 Å². The summed E-state index contributed by atoms with van der Waals surface area (Å²) in [6, 6.07) is 17.3. The first kappa shape index (κ1) is 16.2. The lowest BCUT2D eigenvalue weighted by molar-refractivity contribution is 0.866. The summed E-state index contributed by atoms with van der Waals surface area (Å²) >= 11 is 0. The van der Waals surface area contributed by atoms with Crippen LogP contribution in [0.2, 0.25) is 0 Å². The van der Waals surface area contributed by atoms with Crippen LogP contribution in [0, 0.1) is 0 Å². The molecule has 0 radical (unpaired) electrons. The smallest absolute Gasteiger partial charge is 0.0400 e. The molecule has 3 nitrogen and oxygen atoms in total. The highest BCUT2D eigenvalue weighted by atomic mass is 15.1. The van der Waals surface area contributed by atoms with E-state index in [2.05, 4.69) is 91.6 Å². The van der Waals surface area contributed by atoms with E-state index in [0.717, 1.165) is 25.3 Å². The maximum Gasteiger partial charge on any atom is 0.0400 e. The van der Waals surface area contributed by atoms with E-state index in [1.54, 1.807) is 0 Å². The van der Waals surface area contributed by atoms with Crippen molar-refractivity contribution >= 4 is 17.1 Å². The van der Waals surface area contributed by atoms with Crippen molar-refractivity contribution in [3.63, 3.8) is 0 Å². The van der Waals surface area contributed by atoms with Crippen LogP contribution in [0.1, 0.15) is 19.4 Å². The van der Waals surface area contributed by atoms with Crippen molar-refractivity contribution in [2.45, 2.75) is 20.4 Å². The second-order valence-corrected chi connectivity index (χ2v) is 5.63. The minimum Gasteiger partial charge on any atom is -0.381 e. The lowest BCUT2D eigenvalue weighted by Gasteiger charge is -2.21. The van der Waals surface area contributed by atoms with Gasteiger partial charge in [-0.1, -0.05) is 12.1 Å². The lowest BCUT2D eigenvalue weighted by atomic mass is 10.2. The lowest BCUT2D eigenvalue weighted by Crippen LogP contribution is -2.21. The van der Waals surface area contributed by atoms with Crippen LogP contribution in [0.15, 0.2) is 48.5 Å². The monoisotopic (exact) mass is 297 g/mol. The fourth-order valence-electron chi connectivity index (χ4n) is 2.49. The number of benzene rings is 2. The van der Waals surface area contributed by atoms with Crippen LogP contribution < -0.4 is 15.1 Å². The highest BCUT2D eigenvalue weighted by molar-refractivity contribution is 5.55. The maximum atomic E-state index is 3.48. The topological polar surface area (TPSA) is 18.5 Å². The molecule has 1 N–H and O–H groups in total. The van der Waals surface area contributed by atoms with Crippen LogP contribution in [-0.4, -0.2) is 27.2 Å². The number of hydrogen-bond acceptors (Lipinski definition) is 3. The molecule has 3 heteroatoms. The zero-order valence-electron chi connectivity index (χ0n) is 14.1. The van der Waals surface area contributed by atoms with E-state index in [-0.39, 0.29) is 0 Å². The molecule has 2 aromatic carbocycles. The number of rotatable bonds is 7. The summed E-state index contributed by atoms with van der Waals surface area (Å²) in [7, 11) is 4.12. The summed E-state index contributed by atoms with van der Waals surface area (Å²) in [5.41, 5.74) is 4.96. The van der Waals surface area contributed by atoms with Gasteiger partial charge in [-0.25, -0.2) is 0 Å². The molecule has 2 aromatic rings. The number of hydrogen-bond donors (Lipinski definition) is 1. The molecule has 0 fully saturated rings. The number of anilines is 3. The molecule has 0 aliphatic heterocycles. The normalized spacial score (nSPS) is 10.4. The van der Waals surface area contributed by atoms with Gasteiger partial charge < -0.3 is 15.1 Å². The van der Waals surface area contributed by atoms with Crippen LogP contribution in [0.4, 0.5) is 17.1 Å². The van der Waals surface area contributed by atoms with Crippen molar-refractivity contribution in [2.24, 2.45) is 0 Å². The van der Waals surface area contributed by atoms with Crippen LogP contribution in [-0.2, 0) is 6.54 Å². The van der Waals surface area contributed by atoms with Gasteiger partial charge in [-0.2, -0.15) is 0 Å². The van der Waals surface area contributed by atoms with E-state index in [1.165, 1.54) is 16.9 Å². The van der Waals surface area contributed by atoms with E-state index >= 15 is 0 Å². The van der Waals surface area contributed by atoms with E-state index < -0.39 is 0 Å². The molecule has 0 unspecified atom stereocenters. The highest BCUT2D eigenvalue weighted by Gasteiger charge is 2.01. The minimum atomic E-state index is 0.846. The minimum absolute atomic E-state index is 0.846. The number of nitrogens with one attached hydrogen (secondary N) is 1. The SMILES string of the molecule is CCN(CC)c1ccc(NCc2ccc(N(C)C)cc2)cc1. The third-order valence-corrected chi connectivity index (χ3v) is 3.95. The Morgan fingerprint density at radius 2 is 1.32 bits per heavy atom. The molecule has 118 valence electrons. The van der Waals surface area contributed by atoms with E-state index in [1.807, 2.05) is 0 Å². The van der Waals surface area contributed by atoms with Gasteiger partial charge >= 0.3 is 0 Å². The summed E-state index contributed by atoms with van der Waals surface area (Å²) in [4.78, 5) is 4.47. The molecular formula is C19H27N3. The molecule has 0 heterocycles. The quantitative estimate of drug-likeness (QED) is 0.826. The Kier molecular flexibility index (Phi) is 5.70. The van der Waals surface area contributed by atoms with E-state index in [4.69, 9.17) is 0 Å².